The first-order chi connectivity index (χ1) is 4.24. The van der Waals surface area contributed by atoms with Crippen LogP contribution in [0.2, 0.25) is 0 Å². The van der Waals surface area contributed by atoms with Gasteiger partial charge in [0.1, 0.15) is 0 Å². The van der Waals surface area contributed by atoms with Crippen LogP contribution in [0.1, 0.15) is 13.3 Å². The second-order valence-corrected chi connectivity index (χ2v) is 2.20. The van der Waals surface area contributed by atoms with Crippen molar-refractivity contribution in [3.8, 4) is 0 Å². The van der Waals surface area contributed by atoms with Crippen LogP contribution in [0.25, 0.3) is 0 Å². The fourth-order valence-electron chi connectivity index (χ4n) is 0.608. The maximum Gasteiger partial charge on any atom is 0.0643 e. The van der Waals surface area contributed by atoms with Gasteiger partial charge in [0.2, 0.25) is 0 Å². The van der Waals surface area contributed by atoms with E-state index < -0.39 is 5.54 Å². The SMILES string of the molecule is CCC(CO)(CO)NC. The van der Waals surface area contributed by atoms with Crippen LogP contribution in [-0.2, 0) is 0 Å². The van der Waals surface area contributed by atoms with Crippen molar-refractivity contribution in [2.24, 2.45) is 0 Å². The zero-order chi connectivity index (χ0) is 7.33. The third kappa shape index (κ3) is 1.93. The summed E-state index contributed by atoms with van der Waals surface area (Å²) in [4.78, 5) is 0. The highest BCUT2D eigenvalue weighted by atomic mass is 16.3. The van der Waals surface area contributed by atoms with Crippen molar-refractivity contribution in [1.29, 1.82) is 0 Å². The molecule has 0 spiro atoms. The Bertz CT molecular complexity index is 53.9. The van der Waals surface area contributed by atoms with E-state index >= 15 is 0 Å². The Morgan fingerprint density at radius 2 is 1.78 bits per heavy atom. The quantitative estimate of drug-likeness (QED) is 0.477. The van der Waals surface area contributed by atoms with E-state index in [4.69, 9.17) is 10.2 Å². The number of aliphatic hydroxyl groups is 2. The minimum absolute atomic E-state index is 0.0174. The average molecular weight is 133 g/mol. The highest BCUT2D eigenvalue weighted by molar-refractivity contribution is 4.83. The highest BCUT2D eigenvalue weighted by Gasteiger charge is 2.22. The highest BCUT2D eigenvalue weighted by Crippen LogP contribution is 2.05. The molecular formula is C6H15NO2. The normalized spacial score (nSPS) is 12.0. The Morgan fingerprint density at radius 3 is 1.78 bits per heavy atom. The van der Waals surface area contributed by atoms with Gasteiger partial charge in [-0.1, -0.05) is 6.92 Å². The van der Waals surface area contributed by atoms with Crippen LogP contribution in [0.5, 0.6) is 0 Å². The predicted molar refractivity (Wildman–Crippen MR) is 36.3 cm³/mol. The minimum atomic E-state index is -0.472. The second kappa shape index (κ2) is 3.82. The van der Waals surface area contributed by atoms with Gasteiger partial charge in [0.05, 0.1) is 18.8 Å². The summed E-state index contributed by atoms with van der Waals surface area (Å²) in [7, 11) is 1.73. The Balaban J connectivity index is 3.82. The largest absolute Gasteiger partial charge is 0.394 e. The molecule has 0 atom stereocenters. The molecule has 0 aliphatic carbocycles. The smallest absolute Gasteiger partial charge is 0.0643 e. The lowest BCUT2D eigenvalue weighted by Gasteiger charge is -2.27. The molecule has 0 radical (unpaired) electrons. The fraction of sp³-hybridized carbons (Fsp3) is 1.00. The Hall–Kier alpha value is -0.120. The molecule has 56 valence electrons. The summed E-state index contributed by atoms with van der Waals surface area (Å²) in [5, 5.41) is 20.4. The van der Waals surface area contributed by atoms with Crippen LogP contribution in [0.3, 0.4) is 0 Å². The molecule has 0 bridgehead atoms. The number of nitrogens with one attached hydrogen (secondary N) is 1. The van der Waals surface area contributed by atoms with Crippen molar-refractivity contribution in [1.82, 2.24) is 5.32 Å². The van der Waals surface area contributed by atoms with Crippen molar-refractivity contribution < 1.29 is 10.2 Å². The predicted octanol–water partition coefficient (Wildman–Crippen LogP) is -0.661. The van der Waals surface area contributed by atoms with E-state index in [1.807, 2.05) is 6.92 Å². The molecule has 0 amide bonds. The van der Waals surface area contributed by atoms with Gasteiger partial charge in [0.15, 0.2) is 0 Å². The Labute approximate surface area is 55.7 Å². The van der Waals surface area contributed by atoms with Crippen molar-refractivity contribution in [3.05, 3.63) is 0 Å². The van der Waals surface area contributed by atoms with E-state index in [0.29, 0.717) is 0 Å². The maximum atomic E-state index is 8.75. The number of hydrogen-bond acceptors (Lipinski definition) is 3. The monoisotopic (exact) mass is 133 g/mol. The fourth-order valence-corrected chi connectivity index (χ4v) is 0.608. The van der Waals surface area contributed by atoms with E-state index in [2.05, 4.69) is 5.32 Å². The molecule has 0 rings (SSSR count). The third-order valence-electron chi connectivity index (χ3n) is 1.81. The molecule has 0 saturated heterocycles. The number of hydrogen-bond donors (Lipinski definition) is 3. The number of rotatable bonds is 4. The van der Waals surface area contributed by atoms with Gasteiger partial charge in [0.25, 0.3) is 0 Å². The first-order valence-corrected chi connectivity index (χ1v) is 3.15. The zero-order valence-electron chi connectivity index (χ0n) is 6.02. The van der Waals surface area contributed by atoms with Crippen molar-refractivity contribution in [2.45, 2.75) is 18.9 Å². The van der Waals surface area contributed by atoms with E-state index in [1.54, 1.807) is 7.05 Å². The van der Waals surface area contributed by atoms with Gasteiger partial charge in [-0.15, -0.1) is 0 Å². The lowest BCUT2D eigenvalue weighted by atomic mass is 9.99. The molecule has 0 aromatic heterocycles. The first kappa shape index (κ1) is 8.88. The standard InChI is InChI=1S/C6H15NO2/c1-3-6(4-8,5-9)7-2/h7-9H,3-5H2,1-2H3. The van der Waals surface area contributed by atoms with Gasteiger partial charge in [-0.25, -0.2) is 0 Å². The van der Waals surface area contributed by atoms with E-state index in [9.17, 15) is 0 Å². The summed E-state index contributed by atoms with van der Waals surface area (Å²) in [6.07, 6.45) is 0.733. The molecular weight excluding hydrogens is 118 g/mol. The first-order valence-electron chi connectivity index (χ1n) is 3.15. The van der Waals surface area contributed by atoms with Crippen LogP contribution in [0.4, 0.5) is 0 Å². The third-order valence-corrected chi connectivity index (χ3v) is 1.81. The van der Waals surface area contributed by atoms with Gasteiger partial charge in [-0.2, -0.15) is 0 Å². The summed E-state index contributed by atoms with van der Waals surface area (Å²) in [5.74, 6) is 0. The van der Waals surface area contributed by atoms with Gasteiger partial charge < -0.3 is 15.5 Å². The van der Waals surface area contributed by atoms with E-state index in [0.717, 1.165) is 6.42 Å². The summed E-state index contributed by atoms with van der Waals surface area (Å²) in [6.45, 7) is 1.88. The van der Waals surface area contributed by atoms with Gasteiger partial charge in [-0.3, -0.25) is 0 Å². The molecule has 0 fully saturated rings. The molecule has 0 aliphatic heterocycles. The summed E-state index contributed by atoms with van der Waals surface area (Å²) < 4.78 is 0. The summed E-state index contributed by atoms with van der Waals surface area (Å²) in [5.41, 5.74) is -0.472. The van der Waals surface area contributed by atoms with Crippen LogP contribution in [0, 0.1) is 0 Å². The van der Waals surface area contributed by atoms with E-state index in [1.165, 1.54) is 0 Å². The van der Waals surface area contributed by atoms with Crippen LogP contribution >= 0.6 is 0 Å². The van der Waals surface area contributed by atoms with Crippen molar-refractivity contribution >= 4 is 0 Å². The lowest BCUT2D eigenvalue weighted by Crippen LogP contribution is -2.49. The van der Waals surface area contributed by atoms with Gasteiger partial charge >= 0.3 is 0 Å². The topological polar surface area (TPSA) is 52.5 Å². The summed E-state index contributed by atoms with van der Waals surface area (Å²) >= 11 is 0. The van der Waals surface area contributed by atoms with Crippen molar-refractivity contribution in [2.75, 3.05) is 20.3 Å². The number of aliphatic hydroxyl groups excluding tert-OH is 2. The van der Waals surface area contributed by atoms with Gasteiger partial charge in [0, 0.05) is 0 Å². The number of likely N-dealkylation sites (N-methyl/N-ethyl adjacent to an activating group) is 1. The lowest BCUT2D eigenvalue weighted by molar-refractivity contribution is 0.0942. The van der Waals surface area contributed by atoms with Gasteiger partial charge in [-0.05, 0) is 13.5 Å². The zero-order valence-corrected chi connectivity index (χ0v) is 6.02. The molecule has 3 N–H and O–H groups in total. The molecule has 9 heavy (non-hydrogen) atoms. The molecule has 3 heteroatoms. The molecule has 0 aliphatic rings. The summed E-state index contributed by atoms with van der Waals surface area (Å²) in [6, 6.07) is 0. The molecule has 3 nitrogen and oxygen atoms in total. The van der Waals surface area contributed by atoms with Crippen molar-refractivity contribution in [3.63, 3.8) is 0 Å². The molecule has 0 heterocycles. The Morgan fingerprint density at radius 1 is 1.33 bits per heavy atom. The molecule has 0 aromatic carbocycles. The molecule has 0 saturated carbocycles. The second-order valence-electron chi connectivity index (χ2n) is 2.20. The minimum Gasteiger partial charge on any atom is -0.394 e. The Kier molecular flexibility index (Phi) is 3.77. The van der Waals surface area contributed by atoms with E-state index in [-0.39, 0.29) is 13.2 Å². The average Bonchev–Trinajstić information content (AvgIpc) is 1.95. The molecule has 0 aromatic rings. The molecule has 0 unspecified atom stereocenters. The van der Waals surface area contributed by atoms with Crippen LogP contribution in [-0.4, -0.2) is 36.0 Å². The van der Waals surface area contributed by atoms with Crippen LogP contribution < -0.4 is 5.32 Å². The maximum absolute atomic E-state index is 8.75. The van der Waals surface area contributed by atoms with Crippen LogP contribution in [0.15, 0.2) is 0 Å².